The van der Waals surface area contributed by atoms with Crippen LogP contribution in [0.1, 0.15) is 12.0 Å². The van der Waals surface area contributed by atoms with Gasteiger partial charge in [-0.1, -0.05) is 0 Å². The molecular formula is C12H17NO2S. The van der Waals surface area contributed by atoms with Crippen molar-refractivity contribution in [3.8, 4) is 11.5 Å². The van der Waals surface area contributed by atoms with E-state index in [0.717, 1.165) is 35.9 Å². The number of fused-ring (bicyclic) bond motifs is 1. The van der Waals surface area contributed by atoms with Gasteiger partial charge in [-0.2, -0.15) is 12.6 Å². The van der Waals surface area contributed by atoms with E-state index in [2.05, 4.69) is 24.9 Å². The summed E-state index contributed by atoms with van der Waals surface area (Å²) in [5.41, 5.74) is 2.30. The molecule has 0 spiro atoms. The highest BCUT2D eigenvalue weighted by molar-refractivity contribution is 7.80. The van der Waals surface area contributed by atoms with Crippen molar-refractivity contribution in [2.75, 3.05) is 30.8 Å². The summed E-state index contributed by atoms with van der Waals surface area (Å²) >= 11 is 4.19. The number of ether oxygens (including phenoxy) is 2. The van der Waals surface area contributed by atoms with Crippen molar-refractivity contribution in [1.82, 2.24) is 0 Å². The van der Waals surface area contributed by atoms with Crippen molar-refractivity contribution >= 4 is 18.3 Å². The van der Waals surface area contributed by atoms with Gasteiger partial charge in [-0.05, 0) is 30.7 Å². The molecule has 1 aromatic rings. The lowest BCUT2D eigenvalue weighted by atomic mass is 10.1. The zero-order valence-corrected chi connectivity index (χ0v) is 10.3. The van der Waals surface area contributed by atoms with Crippen molar-refractivity contribution in [2.24, 2.45) is 0 Å². The minimum Gasteiger partial charge on any atom is -0.486 e. The number of aryl methyl sites for hydroxylation is 1. The zero-order valence-electron chi connectivity index (χ0n) is 9.45. The molecule has 88 valence electrons. The summed E-state index contributed by atoms with van der Waals surface area (Å²) in [6.45, 7) is 4.27. The molecule has 1 aliphatic rings. The molecule has 2 rings (SSSR count). The topological polar surface area (TPSA) is 30.5 Å². The molecule has 16 heavy (non-hydrogen) atoms. The molecule has 0 bridgehead atoms. The van der Waals surface area contributed by atoms with Crippen LogP contribution in [-0.4, -0.2) is 25.5 Å². The van der Waals surface area contributed by atoms with E-state index in [1.807, 2.05) is 12.1 Å². The fourth-order valence-corrected chi connectivity index (χ4v) is 1.84. The predicted molar refractivity (Wildman–Crippen MR) is 69.1 cm³/mol. The van der Waals surface area contributed by atoms with Crippen LogP contribution in [0.15, 0.2) is 12.1 Å². The van der Waals surface area contributed by atoms with Crippen LogP contribution < -0.4 is 14.8 Å². The average Bonchev–Trinajstić information content (AvgIpc) is 2.30. The second kappa shape index (κ2) is 5.34. The molecule has 0 radical (unpaired) electrons. The minimum absolute atomic E-state index is 0.631. The smallest absolute Gasteiger partial charge is 0.163 e. The molecular weight excluding hydrogens is 222 g/mol. The largest absolute Gasteiger partial charge is 0.486 e. The van der Waals surface area contributed by atoms with Gasteiger partial charge in [0.05, 0.1) is 0 Å². The summed E-state index contributed by atoms with van der Waals surface area (Å²) in [4.78, 5) is 0. The van der Waals surface area contributed by atoms with E-state index < -0.39 is 0 Å². The molecule has 0 aliphatic carbocycles. The van der Waals surface area contributed by atoms with Crippen molar-refractivity contribution in [2.45, 2.75) is 13.3 Å². The van der Waals surface area contributed by atoms with Crippen LogP contribution in [0.4, 0.5) is 5.69 Å². The van der Waals surface area contributed by atoms with Crippen molar-refractivity contribution in [3.63, 3.8) is 0 Å². The quantitative estimate of drug-likeness (QED) is 0.625. The van der Waals surface area contributed by atoms with Gasteiger partial charge in [-0.3, -0.25) is 0 Å². The normalized spacial score (nSPS) is 13.6. The first-order valence-electron chi connectivity index (χ1n) is 5.56. The first-order chi connectivity index (χ1) is 7.81. The summed E-state index contributed by atoms with van der Waals surface area (Å²) in [6, 6.07) is 4.04. The fraction of sp³-hybridized carbons (Fsp3) is 0.500. The summed E-state index contributed by atoms with van der Waals surface area (Å²) in [7, 11) is 0. The molecule has 0 fully saturated rings. The van der Waals surface area contributed by atoms with Crippen LogP contribution in [0, 0.1) is 6.92 Å². The second-order valence-electron chi connectivity index (χ2n) is 3.81. The molecule has 3 nitrogen and oxygen atoms in total. The van der Waals surface area contributed by atoms with Gasteiger partial charge in [-0.25, -0.2) is 0 Å². The minimum atomic E-state index is 0.631. The van der Waals surface area contributed by atoms with Crippen LogP contribution in [-0.2, 0) is 0 Å². The average molecular weight is 239 g/mol. The van der Waals surface area contributed by atoms with E-state index in [1.165, 1.54) is 5.56 Å². The first kappa shape index (κ1) is 11.5. The lowest BCUT2D eigenvalue weighted by molar-refractivity contribution is 0.171. The van der Waals surface area contributed by atoms with Gasteiger partial charge < -0.3 is 14.8 Å². The third kappa shape index (κ3) is 2.55. The maximum atomic E-state index is 5.55. The molecule has 0 saturated heterocycles. The van der Waals surface area contributed by atoms with Gasteiger partial charge in [0.2, 0.25) is 0 Å². The van der Waals surface area contributed by atoms with Crippen LogP contribution >= 0.6 is 12.6 Å². The molecule has 0 aromatic heterocycles. The SMILES string of the molecule is Cc1cc2c(cc1NCCCS)OCCO2. The predicted octanol–water partition coefficient (Wildman–Crippen LogP) is 2.50. The number of thiol groups is 1. The Morgan fingerprint density at radius 2 is 1.94 bits per heavy atom. The van der Waals surface area contributed by atoms with Crippen molar-refractivity contribution < 1.29 is 9.47 Å². The molecule has 0 saturated carbocycles. The number of hydrogen-bond donors (Lipinski definition) is 2. The van der Waals surface area contributed by atoms with E-state index in [9.17, 15) is 0 Å². The van der Waals surface area contributed by atoms with E-state index in [0.29, 0.717) is 13.2 Å². The van der Waals surface area contributed by atoms with Crippen molar-refractivity contribution in [1.29, 1.82) is 0 Å². The Morgan fingerprint density at radius 3 is 2.62 bits per heavy atom. The molecule has 1 aliphatic heterocycles. The number of benzene rings is 1. The molecule has 1 aromatic carbocycles. The molecule has 4 heteroatoms. The van der Waals surface area contributed by atoms with E-state index in [-0.39, 0.29) is 0 Å². The van der Waals surface area contributed by atoms with Crippen LogP contribution in [0.25, 0.3) is 0 Å². The third-order valence-corrected chi connectivity index (χ3v) is 2.86. The Hall–Kier alpha value is -1.03. The van der Waals surface area contributed by atoms with Gasteiger partial charge in [0.25, 0.3) is 0 Å². The Labute approximate surface area is 102 Å². The summed E-state index contributed by atoms with van der Waals surface area (Å²) in [5, 5.41) is 3.38. The molecule has 1 heterocycles. The van der Waals surface area contributed by atoms with E-state index >= 15 is 0 Å². The first-order valence-corrected chi connectivity index (χ1v) is 6.19. The van der Waals surface area contributed by atoms with Gasteiger partial charge in [0, 0.05) is 18.3 Å². The maximum absolute atomic E-state index is 5.55. The highest BCUT2D eigenvalue weighted by Gasteiger charge is 2.13. The third-order valence-electron chi connectivity index (χ3n) is 2.54. The van der Waals surface area contributed by atoms with Gasteiger partial charge in [0.15, 0.2) is 11.5 Å². The van der Waals surface area contributed by atoms with Gasteiger partial charge >= 0.3 is 0 Å². The lowest BCUT2D eigenvalue weighted by Crippen LogP contribution is -2.16. The van der Waals surface area contributed by atoms with Crippen molar-refractivity contribution in [3.05, 3.63) is 17.7 Å². The molecule has 0 atom stereocenters. The second-order valence-corrected chi connectivity index (χ2v) is 4.26. The van der Waals surface area contributed by atoms with E-state index in [4.69, 9.17) is 9.47 Å². The standard InChI is InChI=1S/C12H17NO2S/c1-9-7-11-12(15-5-4-14-11)8-10(9)13-3-2-6-16/h7-8,13,16H,2-6H2,1H3. The Bertz CT molecular complexity index is 368. The van der Waals surface area contributed by atoms with Gasteiger partial charge in [-0.15, -0.1) is 0 Å². The number of rotatable bonds is 4. The fourth-order valence-electron chi connectivity index (χ4n) is 1.68. The maximum Gasteiger partial charge on any atom is 0.163 e. The highest BCUT2D eigenvalue weighted by Crippen LogP contribution is 2.35. The van der Waals surface area contributed by atoms with Crippen LogP contribution in [0.3, 0.4) is 0 Å². The lowest BCUT2D eigenvalue weighted by Gasteiger charge is -2.20. The number of nitrogens with one attached hydrogen (secondary N) is 1. The van der Waals surface area contributed by atoms with Crippen LogP contribution in [0.5, 0.6) is 11.5 Å². The molecule has 0 unspecified atom stereocenters. The molecule has 1 N–H and O–H groups in total. The monoisotopic (exact) mass is 239 g/mol. The Kier molecular flexibility index (Phi) is 3.83. The number of anilines is 1. The highest BCUT2D eigenvalue weighted by atomic mass is 32.1. The molecule has 0 amide bonds. The summed E-state index contributed by atoms with van der Waals surface area (Å²) in [6.07, 6.45) is 1.05. The van der Waals surface area contributed by atoms with Gasteiger partial charge in [0.1, 0.15) is 13.2 Å². The zero-order chi connectivity index (χ0) is 11.4. The van der Waals surface area contributed by atoms with E-state index in [1.54, 1.807) is 0 Å². The summed E-state index contributed by atoms with van der Waals surface area (Å²) in [5.74, 6) is 2.59. The Morgan fingerprint density at radius 1 is 1.25 bits per heavy atom. The number of hydrogen-bond acceptors (Lipinski definition) is 4. The Balaban J connectivity index is 2.12. The summed E-state index contributed by atoms with van der Waals surface area (Å²) < 4.78 is 11.1. The van der Waals surface area contributed by atoms with Crippen LogP contribution in [0.2, 0.25) is 0 Å².